The van der Waals surface area contributed by atoms with Crippen LogP contribution >= 0.6 is 0 Å². The largest absolute Gasteiger partial charge is 0.502 e. The fraction of sp³-hybridized carbons (Fsp3) is 0.700. The maximum atomic E-state index is 11.0. The van der Waals surface area contributed by atoms with Crippen molar-refractivity contribution in [2.45, 2.75) is 32.6 Å². The lowest BCUT2D eigenvalue weighted by Gasteiger charge is -2.03. The Balaban J connectivity index is 3.15. The third-order valence-corrected chi connectivity index (χ3v) is 1.52. The lowest BCUT2D eigenvalue weighted by atomic mass is 10.3. The molecule has 0 rings (SSSR count). The number of esters is 1. The third-order valence-electron chi connectivity index (χ3n) is 1.52. The molecule has 0 bridgehead atoms. The first-order valence-electron chi connectivity index (χ1n) is 4.69. The predicted octanol–water partition coefficient (Wildman–Crippen LogP) is 2.27. The minimum absolute atomic E-state index is 0.138. The number of hydrogen-bond acceptors (Lipinski definition) is 3. The molecule has 0 saturated heterocycles. The van der Waals surface area contributed by atoms with Crippen LogP contribution in [0.1, 0.15) is 32.6 Å². The van der Waals surface area contributed by atoms with E-state index >= 15 is 0 Å². The second-order valence-electron chi connectivity index (χ2n) is 2.72. The third kappa shape index (κ3) is 8.92. The summed E-state index contributed by atoms with van der Waals surface area (Å²) < 4.78 is 9.81. The molecule has 0 aliphatic rings. The number of hydrogen-bond donors (Lipinski definition) is 0. The van der Waals surface area contributed by atoms with Gasteiger partial charge in [0.1, 0.15) is 0 Å². The van der Waals surface area contributed by atoms with Gasteiger partial charge in [0.2, 0.25) is 0 Å². The van der Waals surface area contributed by atoms with Crippen LogP contribution in [0.3, 0.4) is 0 Å². The van der Waals surface area contributed by atoms with E-state index in [0.717, 1.165) is 12.8 Å². The Morgan fingerprint density at radius 3 is 2.77 bits per heavy atom. The molecular weight excluding hydrogens is 168 g/mol. The van der Waals surface area contributed by atoms with E-state index in [2.05, 4.69) is 13.5 Å². The molecule has 0 aliphatic carbocycles. The molecule has 3 heteroatoms. The molecule has 0 radical (unpaired) electrons. The van der Waals surface area contributed by atoms with Gasteiger partial charge in [0.05, 0.1) is 19.5 Å². The van der Waals surface area contributed by atoms with E-state index in [-0.39, 0.29) is 5.97 Å². The maximum Gasteiger partial charge on any atom is 0.305 e. The fourth-order valence-corrected chi connectivity index (χ4v) is 0.786. The van der Waals surface area contributed by atoms with Crippen molar-refractivity contribution in [3.63, 3.8) is 0 Å². The van der Waals surface area contributed by atoms with Crippen molar-refractivity contribution in [2.24, 2.45) is 0 Å². The van der Waals surface area contributed by atoms with Crippen LogP contribution in [0, 0.1) is 0 Å². The zero-order chi connectivity index (χ0) is 9.94. The summed E-state index contributed by atoms with van der Waals surface area (Å²) in [5.41, 5.74) is 0. The summed E-state index contributed by atoms with van der Waals surface area (Å²) in [7, 11) is 0. The maximum absolute atomic E-state index is 11.0. The topological polar surface area (TPSA) is 35.5 Å². The SMILES string of the molecule is C=COCCCC(=O)OCCCC. The minimum atomic E-state index is -0.138. The quantitative estimate of drug-likeness (QED) is 0.331. The van der Waals surface area contributed by atoms with Gasteiger partial charge in [-0.3, -0.25) is 4.79 Å². The molecule has 0 N–H and O–H groups in total. The smallest absolute Gasteiger partial charge is 0.305 e. The van der Waals surface area contributed by atoms with E-state index < -0.39 is 0 Å². The average Bonchev–Trinajstić information content (AvgIpc) is 2.13. The van der Waals surface area contributed by atoms with Crippen LogP contribution in [0.2, 0.25) is 0 Å². The van der Waals surface area contributed by atoms with Gasteiger partial charge in [0, 0.05) is 6.42 Å². The number of ether oxygens (including phenoxy) is 2. The Morgan fingerprint density at radius 1 is 1.38 bits per heavy atom. The number of rotatable bonds is 8. The van der Waals surface area contributed by atoms with E-state index in [0.29, 0.717) is 26.1 Å². The van der Waals surface area contributed by atoms with Crippen molar-refractivity contribution in [3.05, 3.63) is 12.8 Å². The van der Waals surface area contributed by atoms with Gasteiger partial charge in [-0.05, 0) is 12.8 Å². The van der Waals surface area contributed by atoms with Crippen molar-refractivity contribution in [1.82, 2.24) is 0 Å². The van der Waals surface area contributed by atoms with Crippen molar-refractivity contribution in [2.75, 3.05) is 13.2 Å². The van der Waals surface area contributed by atoms with Gasteiger partial charge in [0.25, 0.3) is 0 Å². The van der Waals surface area contributed by atoms with Gasteiger partial charge in [-0.15, -0.1) is 0 Å². The normalized spacial score (nSPS) is 9.31. The molecule has 0 heterocycles. The number of unbranched alkanes of at least 4 members (excludes halogenated alkanes) is 1. The Hall–Kier alpha value is -0.990. The van der Waals surface area contributed by atoms with Gasteiger partial charge in [0.15, 0.2) is 0 Å². The molecule has 3 nitrogen and oxygen atoms in total. The van der Waals surface area contributed by atoms with E-state index in [1.807, 2.05) is 0 Å². The molecule has 0 spiro atoms. The van der Waals surface area contributed by atoms with Crippen LogP contribution < -0.4 is 0 Å². The summed E-state index contributed by atoms with van der Waals surface area (Å²) in [6.07, 6.45) is 4.48. The first kappa shape index (κ1) is 12.0. The zero-order valence-electron chi connectivity index (χ0n) is 8.25. The molecule has 0 saturated carbocycles. The van der Waals surface area contributed by atoms with Crippen molar-refractivity contribution in [3.8, 4) is 0 Å². The highest BCUT2D eigenvalue weighted by atomic mass is 16.5. The van der Waals surface area contributed by atoms with Gasteiger partial charge < -0.3 is 9.47 Å². The first-order chi connectivity index (χ1) is 6.31. The van der Waals surface area contributed by atoms with Crippen LogP contribution in [0.15, 0.2) is 12.8 Å². The second-order valence-corrected chi connectivity index (χ2v) is 2.72. The van der Waals surface area contributed by atoms with E-state index in [1.54, 1.807) is 0 Å². The van der Waals surface area contributed by atoms with E-state index in [4.69, 9.17) is 9.47 Å². The summed E-state index contributed by atoms with van der Waals surface area (Å²) in [5.74, 6) is -0.138. The van der Waals surface area contributed by atoms with Gasteiger partial charge in [-0.1, -0.05) is 19.9 Å². The van der Waals surface area contributed by atoms with E-state index in [1.165, 1.54) is 6.26 Å². The molecule has 76 valence electrons. The van der Waals surface area contributed by atoms with Crippen LogP contribution in [0.4, 0.5) is 0 Å². The van der Waals surface area contributed by atoms with Crippen molar-refractivity contribution >= 4 is 5.97 Å². The molecule has 0 aromatic carbocycles. The Morgan fingerprint density at radius 2 is 2.15 bits per heavy atom. The standard InChI is InChI=1S/C10H18O3/c1-3-5-9-13-10(11)7-6-8-12-4-2/h4H,2-3,5-9H2,1H3. The van der Waals surface area contributed by atoms with Crippen LogP contribution in [0.25, 0.3) is 0 Å². The Bertz CT molecular complexity index is 143. The lowest BCUT2D eigenvalue weighted by molar-refractivity contribution is -0.144. The molecule has 0 aliphatic heterocycles. The van der Waals surface area contributed by atoms with Crippen LogP contribution in [-0.2, 0) is 14.3 Å². The predicted molar refractivity (Wildman–Crippen MR) is 51.3 cm³/mol. The van der Waals surface area contributed by atoms with Crippen LogP contribution in [0.5, 0.6) is 0 Å². The first-order valence-corrected chi connectivity index (χ1v) is 4.69. The van der Waals surface area contributed by atoms with Crippen LogP contribution in [-0.4, -0.2) is 19.2 Å². The summed E-state index contributed by atoms with van der Waals surface area (Å²) in [5, 5.41) is 0. The monoisotopic (exact) mass is 186 g/mol. The molecule has 0 amide bonds. The summed E-state index contributed by atoms with van der Waals surface area (Å²) >= 11 is 0. The van der Waals surface area contributed by atoms with Crippen molar-refractivity contribution < 1.29 is 14.3 Å². The molecule has 13 heavy (non-hydrogen) atoms. The number of carbonyl (C=O) groups is 1. The average molecular weight is 186 g/mol. The highest BCUT2D eigenvalue weighted by Crippen LogP contribution is 1.96. The minimum Gasteiger partial charge on any atom is -0.502 e. The van der Waals surface area contributed by atoms with E-state index in [9.17, 15) is 4.79 Å². The Labute approximate surface area is 79.7 Å². The molecule has 0 atom stereocenters. The summed E-state index contributed by atoms with van der Waals surface area (Å²) in [6.45, 7) is 6.53. The van der Waals surface area contributed by atoms with Gasteiger partial charge >= 0.3 is 5.97 Å². The molecule has 0 aromatic heterocycles. The second kappa shape index (κ2) is 9.10. The highest BCUT2D eigenvalue weighted by molar-refractivity contribution is 5.69. The highest BCUT2D eigenvalue weighted by Gasteiger charge is 2.00. The number of carbonyl (C=O) groups excluding carboxylic acids is 1. The van der Waals surface area contributed by atoms with Crippen molar-refractivity contribution in [1.29, 1.82) is 0 Å². The lowest BCUT2D eigenvalue weighted by Crippen LogP contribution is -2.06. The summed E-state index contributed by atoms with van der Waals surface area (Å²) in [6, 6.07) is 0. The zero-order valence-corrected chi connectivity index (χ0v) is 8.25. The summed E-state index contributed by atoms with van der Waals surface area (Å²) in [4.78, 5) is 11.0. The molecular formula is C10H18O3. The molecule has 0 unspecified atom stereocenters. The van der Waals surface area contributed by atoms with Gasteiger partial charge in [-0.2, -0.15) is 0 Å². The fourth-order valence-electron chi connectivity index (χ4n) is 0.786. The molecule has 0 aromatic rings. The Kier molecular flexibility index (Phi) is 8.41. The van der Waals surface area contributed by atoms with Gasteiger partial charge in [-0.25, -0.2) is 0 Å². The molecule has 0 fully saturated rings.